The van der Waals surface area contributed by atoms with E-state index in [2.05, 4.69) is 4.90 Å². The molecule has 4 aromatic rings. The minimum absolute atomic E-state index is 0.0666. The average molecular weight is 527 g/mol. The fourth-order valence-corrected chi connectivity index (χ4v) is 4.77. The van der Waals surface area contributed by atoms with E-state index >= 15 is 0 Å². The van der Waals surface area contributed by atoms with E-state index in [4.69, 9.17) is 14.5 Å². The van der Waals surface area contributed by atoms with Gasteiger partial charge in [0, 0.05) is 31.7 Å². The lowest BCUT2D eigenvalue weighted by atomic mass is 10.1. The number of rotatable bonds is 8. The number of para-hydroxylation sites is 2. The minimum atomic E-state index is -1.10. The third-order valence-corrected chi connectivity index (χ3v) is 6.81. The van der Waals surface area contributed by atoms with Gasteiger partial charge in [-0.05, 0) is 24.3 Å². The zero-order valence-corrected chi connectivity index (χ0v) is 21.7. The van der Waals surface area contributed by atoms with Crippen LogP contribution in [0.3, 0.4) is 0 Å². The number of piperazine rings is 1. The zero-order chi connectivity index (χ0) is 27.2. The molecule has 1 unspecified atom stereocenters. The summed E-state index contributed by atoms with van der Waals surface area (Å²) in [6.07, 6.45) is -1.10. The Labute approximate surface area is 226 Å². The van der Waals surface area contributed by atoms with Crippen LogP contribution in [0.2, 0.25) is 0 Å². The van der Waals surface area contributed by atoms with Gasteiger partial charge in [-0.3, -0.25) is 24.0 Å². The predicted molar refractivity (Wildman–Crippen MR) is 146 cm³/mol. The van der Waals surface area contributed by atoms with Gasteiger partial charge < -0.3 is 9.47 Å². The Bertz CT molecular complexity index is 1500. The summed E-state index contributed by atoms with van der Waals surface area (Å²) in [6.45, 7) is 3.19. The maximum absolute atomic E-state index is 13.4. The number of fused-ring (bicyclic) bond motifs is 1. The molecule has 0 amide bonds. The largest absolute Gasteiger partial charge is 0.466 e. The molecule has 1 aliphatic rings. The van der Waals surface area contributed by atoms with E-state index in [1.54, 1.807) is 34.9 Å². The van der Waals surface area contributed by atoms with Crippen molar-refractivity contribution in [3.05, 3.63) is 107 Å². The van der Waals surface area contributed by atoms with Crippen LogP contribution in [0.25, 0.3) is 16.6 Å². The fourth-order valence-electron chi connectivity index (χ4n) is 4.77. The molecule has 0 radical (unpaired) electrons. The van der Waals surface area contributed by atoms with Gasteiger partial charge in [0.25, 0.3) is 5.56 Å². The molecule has 0 spiro atoms. The highest BCUT2D eigenvalue weighted by molar-refractivity contribution is 5.81. The number of carbonyl (C=O) groups excluding carboxylic acids is 2. The van der Waals surface area contributed by atoms with Gasteiger partial charge in [-0.1, -0.05) is 60.7 Å². The first-order valence-corrected chi connectivity index (χ1v) is 12.9. The second kappa shape index (κ2) is 12.0. The van der Waals surface area contributed by atoms with Crippen molar-refractivity contribution in [2.45, 2.75) is 12.6 Å². The number of hydrogen-bond donors (Lipinski definition) is 0. The smallest absolute Gasteiger partial charge is 0.351 e. The van der Waals surface area contributed by atoms with Gasteiger partial charge in [0.15, 0.2) is 0 Å². The zero-order valence-electron chi connectivity index (χ0n) is 21.7. The molecule has 3 aromatic carbocycles. The molecule has 0 N–H and O–H groups in total. The van der Waals surface area contributed by atoms with Crippen molar-refractivity contribution in [3.63, 3.8) is 0 Å². The summed E-state index contributed by atoms with van der Waals surface area (Å²) < 4.78 is 12.0. The first-order valence-electron chi connectivity index (χ1n) is 12.9. The van der Waals surface area contributed by atoms with Gasteiger partial charge >= 0.3 is 11.9 Å². The Morgan fingerprint density at radius 2 is 1.46 bits per heavy atom. The van der Waals surface area contributed by atoms with Crippen LogP contribution in [0.15, 0.2) is 89.7 Å². The number of hydrogen-bond acceptors (Lipinski definition) is 8. The van der Waals surface area contributed by atoms with Crippen molar-refractivity contribution in [2.24, 2.45) is 0 Å². The summed E-state index contributed by atoms with van der Waals surface area (Å²) in [5, 5.41) is 0.578. The minimum Gasteiger partial charge on any atom is -0.466 e. The normalized spacial score (nSPS) is 15.1. The van der Waals surface area contributed by atoms with E-state index in [1.165, 1.54) is 7.11 Å². The molecule has 200 valence electrons. The van der Waals surface area contributed by atoms with Crippen molar-refractivity contribution < 1.29 is 19.1 Å². The molecule has 0 saturated carbocycles. The van der Waals surface area contributed by atoms with E-state index in [9.17, 15) is 14.4 Å². The summed E-state index contributed by atoms with van der Waals surface area (Å²) in [7, 11) is 1.27. The lowest BCUT2D eigenvalue weighted by Gasteiger charge is -2.34. The number of nitrogens with zero attached hydrogens (tertiary/aromatic N) is 4. The summed E-state index contributed by atoms with van der Waals surface area (Å²) in [5.74, 6) is -0.440. The second-order valence-corrected chi connectivity index (χ2v) is 9.38. The van der Waals surface area contributed by atoms with Crippen LogP contribution < -0.4 is 5.56 Å². The van der Waals surface area contributed by atoms with Crippen LogP contribution in [0, 0.1) is 0 Å². The second-order valence-electron chi connectivity index (χ2n) is 9.38. The van der Waals surface area contributed by atoms with Crippen LogP contribution in [0.4, 0.5) is 0 Å². The number of esters is 2. The van der Waals surface area contributed by atoms with Gasteiger partial charge in [-0.2, -0.15) is 0 Å². The SMILES string of the molecule is COC(=O)C(OC(=O)CN1CCN(Cc2nc3ccccc3c(=O)n2-c2ccccc2)CC1)c1ccccc1. The molecule has 1 aliphatic heterocycles. The first kappa shape index (κ1) is 26.3. The standard InChI is InChI=1S/C30H30N4O5/c1-38-30(37)28(22-10-4-2-5-11-22)39-27(35)21-33-18-16-32(17-19-33)20-26-31-25-15-9-8-14-24(25)29(36)34(26)23-12-6-3-7-13-23/h2-15,28H,16-21H2,1H3. The molecule has 9 nitrogen and oxygen atoms in total. The van der Waals surface area contributed by atoms with Crippen LogP contribution in [-0.2, 0) is 25.6 Å². The quantitative estimate of drug-likeness (QED) is 0.324. The molecular weight excluding hydrogens is 496 g/mol. The predicted octanol–water partition coefficient (Wildman–Crippen LogP) is 2.96. The van der Waals surface area contributed by atoms with Crippen LogP contribution in [0.5, 0.6) is 0 Å². The van der Waals surface area contributed by atoms with Crippen molar-refractivity contribution in [1.29, 1.82) is 0 Å². The van der Waals surface area contributed by atoms with Crippen LogP contribution >= 0.6 is 0 Å². The molecule has 2 heterocycles. The van der Waals surface area contributed by atoms with E-state index in [-0.39, 0.29) is 12.1 Å². The molecule has 1 aromatic heterocycles. The van der Waals surface area contributed by atoms with Crippen molar-refractivity contribution >= 4 is 22.8 Å². The highest BCUT2D eigenvalue weighted by atomic mass is 16.6. The van der Waals surface area contributed by atoms with Gasteiger partial charge in [0.05, 0.1) is 36.8 Å². The maximum Gasteiger partial charge on any atom is 0.351 e. The van der Waals surface area contributed by atoms with E-state index in [0.717, 1.165) is 5.69 Å². The Balaban J connectivity index is 1.25. The Morgan fingerprint density at radius 1 is 0.846 bits per heavy atom. The van der Waals surface area contributed by atoms with E-state index < -0.39 is 18.0 Å². The molecule has 5 rings (SSSR count). The maximum atomic E-state index is 13.4. The Kier molecular flexibility index (Phi) is 8.10. The highest BCUT2D eigenvalue weighted by Crippen LogP contribution is 2.20. The molecule has 1 saturated heterocycles. The van der Waals surface area contributed by atoms with Gasteiger partial charge in [-0.15, -0.1) is 0 Å². The average Bonchev–Trinajstić information content (AvgIpc) is 2.97. The fraction of sp³-hybridized carbons (Fsp3) is 0.267. The van der Waals surface area contributed by atoms with Crippen LogP contribution in [0.1, 0.15) is 17.5 Å². The van der Waals surface area contributed by atoms with E-state index in [1.807, 2.05) is 59.5 Å². The van der Waals surface area contributed by atoms with Gasteiger partial charge in [-0.25, -0.2) is 9.78 Å². The van der Waals surface area contributed by atoms with Crippen molar-refractivity contribution in [3.8, 4) is 5.69 Å². The molecule has 1 fully saturated rings. The molecule has 1 atom stereocenters. The third kappa shape index (κ3) is 6.05. The monoisotopic (exact) mass is 526 g/mol. The van der Waals surface area contributed by atoms with Gasteiger partial charge in [0.1, 0.15) is 5.82 Å². The Morgan fingerprint density at radius 3 is 2.15 bits per heavy atom. The lowest BCUT2D eigenvalue weighted by molar-refractivity contribution is -0.167. The summed E-state index contributed by atoms with van der Waals surface area (Å²) in [6, 6.07) is 25.7. The number of ether oxygens (including phenoxy) is 2. The summed E-state index contributed by atoms with van der Waals surface area (Å²) in [4.78, 5) is 47.5. The molecule has 39 heavy (non-hydrogen) atoms. The van der Waals surface area contributed by atoms with Gasteiger partial charge in [0.2, 0.25) is 6.10 Å². The summed E-state index contributed by atoms with van der Waals surface area (Å²) in [5.41, 5.74) is 1.91. The first-order chi connectivity index (χ1) is 19.0. The molecular formula is C30H30N4O5. The number of methoxy groups -OCH3 is 1. The van der Waals surface area contributed by atoms with E-state index in [0.29, 0.717) is 55.0 Å². The molecule has 0 aliphatic carbocycles. The van der Waals surface area contributed by atoms with Crippen molar-refractivity contribution in [2.75, 3.05) is 39.8 Å². The number of carbonyl (C=O) groups is 2. The molecule has 0 bridgehead atoms. The lowest BCUT2D eigenvalue weighted by Crippen LogP contribution is -2.48. The van der Waals surface area contributed by atoms with Crippen LogP contribution in [-0.4, -0.2) is 71.1 Å². The number of benzene rings is 3. The summed E-state index contributed by atoms with van der Waals surface area (Å²) >= 11 is 0. The molecule has 9 heteroatoms. The third-order valence-electron chi connectivity index (χ3n) is 6.81. The Hall–Kier alpha value is -4.34. The van der Waals surface area contributed by atoms with Crippen molar-refractivity contribution in [1.82, 2.24) is 19.4 Å². The number of aromatic nitrogens is 2. The topological polar surface area (TPSA) is 94.0 Å². The highest BCUT2D eigenvalue weighted by Gasteiger charge is 2.28.